The summed E-state index contributed by atoms with van der Waals surface area (Å²) in [6.07, 6.45) is 8.20. The molecule has 1 atom stereocenters. The molecule has 1 aromatic rings. The van der Waals surface area contributed by atoms with E-state index >= 15 is 0 Å². The highest BCUT2D eigenvalue weighted by atomic mass is 32.2. The highest BCUT2D eigenvalue weighted by Gasteiger charge is 2.07. The van der Waals surface area contributed by atoms with Crippen LogP contribution in [0, 0.1) is 0 Å². The van der Waals surface area contributed by atoms with E-state index in [4.69, 9.17) is 5.73 Å². The molecule has 0 amide bonds. The summed E-state index contributed by atoms with van der Waals surface area (Å²) in [6.45, 7) is 3.13. The second-order valence-electron chi connectivity index (χ2n) is 3.42. The van der Waals surface area contributed by atoms with Gasteiger partial charge in [-0.05, 0) is 24.9 Å². The molecule has 0 aliphatic rings. The zero-order chi connectivity index (χ0) is 10.4. The van der Waals surface area contributed by atoms with Gasteiger partial charge in [-0.2, -0.15) is 16.9 Å². The van der Waals surface area contributed by atoms with E-state index in [1.54, 1.807) is 0 Å². The molecular weight excluding hydrogens is 194 g/mol. The topological polar surface area (TPSA) is 43.8 Å². The first-order valence-corrected chi connectivity index (χ1v) is 6.44. The van der Waals surface area contributed by atoms with Crippen LogP contribution in [0.5, 0.6) is 0 Å². The Bertz CT molecular complexity index is 260. The highest BCUT2D eigenvalue weighted by Crippen LogP contribution is 2.15. The predicted octanol–water partition coefficient (Wildman–Crippen LogP) is 2.05. The SMILES string of the molecule is CCCn1cc(C(N)CCSC)cn1. The molecule has 1 unspecified atom stereocenters. The van der Waals surface area contributed by atoms with Crippen molar-refractivity contribution in [2.24, 2.45) is 5.73 Å². The largest absolute Gasteiger partial charge is 0.324 e. The maximum atomic E-state index is 6.02. The number of aryl methyl sites for hydroxylation is 1. The maximum Gasteiger partial charge on any atom is 0.0537 e. The second kappa shape index (κ2) is 6.09. The Kier molecular flexibility index (Phi) is 5.04. The lowest BCUT2D eigenvalue weighted by Gasteiger charge is -2.07. The molecule has 3 nitrogen and oxygen atoms in total. The van der Waals surface area contributed by atoms with Crippen LogP contribution in [0.25, 0.3) is 0 Å². The van der Waals surface area contributed by atoms with Crippen molar-refractivity contribution in [1.29, 1.82) is 0 Å². The van der Waals surface area contributed by atoms with Gasteiger partial charge in [0.1, 0.15) is 0 Å². The third-order valence-electron chi connectivity index (χ3n) is 2.17. The summed E-state index contributed by atoms with van der Waals surface area (Å²) in [6, 6.07) is 0.146. The molecule has 1 heterocycles. The van der Waals surface area contributed by atoms with E-state index in [0.29, 0.717) is 0 Å². The van der Waals surface area contributed by atoms with E-state index < -0.39 is 0 Å². The Morgan fingerprint density at radius 2 is 2.43 bits per heavy atom. The molecule has 1 aromatic heterocycles. The molecule has 0 aliphatic carbocycles. The van der Waals surface area contributed by atoms with Crippen LogP contribution in [0.2, 0.25) is 0 Å². The summed E-state index contributed by atoms with van der Waals surface area (Å²) in [5.74, 6) is 1.11. The van der Waals surface area contributed by atoms with Crippen molar-refractivity contribution in [1.82, 2.24) is 9.78 Å². The zero-order valence-corrected chi connectivity index (χ0v) is 9.76. The minimum Gasteiger partial charge on any atom is -0.324 e. The maximum absolute atomic E-state index is 6.02. The molecule has 0 radical (unpaired) electrons. The molecule has 0 bridgehead atoms. The zero-order valence-electron chi connectivity index (χ0n) is 8.94. The molecule has 0 aromatic carbocycles. The second-order valence-corrected chi connectivity index (χ2v) is 4.41. The lowest BCUT2D eigenvalue weighted by molar-refractivity contribution is 0.600. The van der Waals surface area contributed by atoms with Crippen molar-refractivity contribution in [2.75, 3.05) is 12.0 Å². The fraction of sp³-hybridized carbons (Fsp3) is 0.700. The van der Waals surface area contributed by atoms with Crippen LogP contribution >= 0.6 is 11.8 Å². The summed E-state index contributed by atoms with van der Waals surface area (Å²) >= 11 is 1.83. The van der Waals surface area contributed by atoms with Gasteiger partial charge in [-0.25, -0.2) is 0 Å². The summed E-state index contributed by atoms with van der Waals surface area (Å²) in [7, 11) is 0. The molecule has 0 saturated heterocycles. The average Bonchev–Trinajstić information content (AvgIpc) is 2.63. The van der Waals surface area contributed by atoms with Crippen LogP contribution in [0.1, 0.15) is 31.4 Å². The van der Waals surface area contributed by atoms with Gasteiger partial charge in [0, 0.05) is 24.3 Å². The van der Waals surface area contributed by atoms with Crippen molar-refractivity contribution >= 4 is 11.8 Å². The third-order valence-corrected chi connectivity index (χ3v) is 2.81. The summed E-state index contributed by atoms with van der Waals surface area (Å²) in [5, 5.41) is 4.26. The van der Waals surface area contributed by atoms with Crippen LogP contribution in [0.15, 0.2) is 12.4 Å². The minimum atomic E-state index is 0.146. The first-order chi connectivity index (χ1) is 6.77. The van der Waals surface area contributed by atoms with E-state index in [1.165, 1.54) is 0 Å². The molecule has 0 aliphatic heterocycles. The summed E-state index contributed by atoms with van der Waals surface area (Å²) in [5.41, 5.74) is 7.18. The number of thioether (sulfide) groups is 1. The third kappa shape index (κ3) is 3.35. The van der Waals surface area contributed by atoms with Gasteiger partial charge in [0.2, 0.25) is 0 Å². The summed E-state index contributed by atoms with van der Waals surface area (Å²) < 4.78 is 1.97. The Labute approximate surface area is 90.1 Å². The van der Waals surface area contributed by atoms with Gasteiger partial charge >= 0.3 is 0 Å². The molecule has 0 saturated carbocycles. The number of nitrogens with zero attached hydrogens (tertiary/aromatic N) is 2. The van der Waals surface area contributed by atoms with Crippen molar-refractivity contribution in [3.63, 3.8) is 0 Å². The van der Waals surface area contributed by atoms with Crippen LogP contribution in [0.3, 0.4) is 0 Å². The van der Waals surface area contributed by atoms with Gasteiger partial charge in [0.05, 0.1) is 6.20 Å². The van der Waals surface area contributed by atoms with Crippen LogP contribution in [-0.4, -0.2) is 21.8 Å². The molecule has 1 rings (SSSR count). The van der Waals surface area contributed by atoms with Gasteiger partial charge in [-0.1, -0.05) is 6.92 Å². The Morgan fingerprint density at radius 1 is 1.64 bits per heavy atom. The number of rotatable bonds is 6. The van der Waals surface area contributed by atoms with Gasteiger partial charge < -0.3 is 5.73 Å². The smallest absolute Gasteiger partial charge is 0.0537 e. The van der Waals surface area contributed by atoms with E-state index in [2.05, 4.69) is 24.5 Å². The Balaban J connectivity index is 2.48. The first kappa shape index (κ1) is 11.6. The summed E-state index contributed by atoms with van der Waals surface area (Å²) in [4.78, 5) is 0. The molecule has 0 fully saturated rings. The van der Waals surface area contributed by atoms with E-state index in [1.807, 2.05) is 22.6 Å². The Hall–Kier alpha value is -0.480. The van der Waals surface area contributed by atoms with Crippen molar-refractivity contribution < 1.29 is 0 Å². The quantitative estimate of drug-likeness (QED) is 0.786. The first-order valence-electron chi connectivity index (χ1n) is 5.04. The monoisotopic (exact) mass is 213 g/mol. The lowest BCUT2D eigenvalue weighted by atomic mass is 10.1. The number of hydrogen-bond donors (Lipinski definition) is 1. The van der Waals surface area contributed by atoms with Crippen molar-refractivity contribution in [3.8, 4) is 0 Å². The van der Waals surface area contributed by atoms with E-state index in [9.17, 15) is 0 Å². The van der Waals surface area contributed by atoms with Crippen LogP contribution < -0.4 is 5.73 Å². The normalized spacial score (nSPS) is 13.1. The number of aromatic nitrogens is 2. The van der Waals surface area contributed by atoms with Gasteiger partial charge in [-0.3, -0.25) is 4.68 Å². The fourth-order valence-corrected chi connectivity index (χ4v) is 1.82. The average molecular weight is 213 g/mol. The van der Waals surface area contributed by atoms with Gasteiger partial charge in [0.25, 0.3) is 0 Å². The van der Waals surface area contributed by atoms with Crippen molar-refractivity contribution in [2.45, 2.75) is 32.4 Å². The highest BCUT2D eigenvalue weighted by molar-refractivity contribution is 7.98. The molecule has 2 N–H and O–H groups in total. The molecule has 4 heteroatoms. The van der Waals surface area contributed by atoms with Crippen molar-refractivity contribution in [3.05, 3.63) is 18.0 Å². The standard InChI is InChI=1S/C10H19N3S/c1-3-5-13-8-9(7-12-13)10(11)4-6-14-2/h7-8,10H,3-6,11H2,1-2H3. The number of nitrogens with two attached hydrogens (primary N) is 1. The minimum absolute atomic E-state index is 0.146. The predicted molar refractivity (Wildman–Crippen MR) is 62.4 cm³/mol. The lowest BCUT2D eigenvalue weighted by Crippen LogP contribution is -2.10. The molecular formula is C10H19N3S. The van der Waals surface area contributed by atoms with Crippen LogP contribution in [0.4, 0.5) is 0 Å². The number of hydrogen-bond acceptors (Lipinski definition) is 3. The molecule has 14 heavy (non-hydrogen) atoms. The van der Waals surface area contributed by atoms with E-state index in [-0.39, 0.29) is 6.04 Å². The molecule has 0 spiro atoms. The van der Waals surface area contributed by atoms with Gasteiger partial charge in [-0.15, -0.1) is 0 Å². The van der Waals surface area contributed by atoms with E-state index in [0.717, 1.165) is 30.7 Å². The van der Waals surface area contributed by atoms with Gasteiger partial charge in [0.15, 0.2) is 0 Å². The fourth-order valence-electron chi connectivity index (χ4n) is 1.33. The van der Waals surface area contributed by atoms with Crippen LogP contribution in [-0.2, 0) is 6.54 Å². The Morgan fingerprint density at radius 3 is 3.07 bits per heavy atom. The molecule has 80 valence electrons.